The molecule has 3 heterocycles. The van der Waals surface area contributed by atoms with Gasteiger partial charge in [-0.25, -0.2) is 13.1 Å². The van der Waals surface area contributed by atoms with Gasteiger partial charge in [-0.1, -0.05) is 0 Å². The molecule has 0 unspecified atom stereocenters. The third kappa shape index (κ3) is 3.49. The number of aromatic nitrogens is 3. The van der Waals surface area contributed by atoms with Gasteiger partial charge < -0.3 is 8.98 Å². The molecule has 0 spiro atoms. The van der Waals surface area contributed by atoms with Crippen molar-refractivity contribution in [2.75, 3.05) is 12.8 Å². The number of furan rings is 1. The summed E-state index contributed by atoms with van der Waals surface area (Å²) >= 11 is 0. The highest BCUT2D eigenvalue weighted by Gasteiger charge is 2.21. The lowest BCUT2D eigenvalue weighted by atomic mass is 10.2. The predicted molar refractivity (Wildman–Crippen MR) is 74.5 cm³/mol. The summed E-state index contributed by atoms with van der Waals surface area (Å²) in [5, 5.41) is 8.22. The van der Waals surface area contributed by atoms with E-state index in [1.165, 1.54) is 0 Å². The van der Waals surface area contributed by atoms with E-state index in [0.29, 0.717) is 12.4 Å². The molecule has 1 aliphatic rings. The van der Waals surface area contributed by atoms with Gasteiger partial charge in [0.15, 0.2) is 0 Å². The van der Waals surface area contributed by atoms with Gasteiger partial charge in [0.1, 0.15) is 11.6 Å². The molecular formula is C12H17N5O3S. The fourth-order valence-corrected chi connectivity index (χ4v) is 2.76. The fourth-order valence-electron chi connectivity index (χ4n) is 2.37. The number of nitrogens with one attached hydrogen (secondary N) is 1. The number of fused-ring (bicyclic) bond motifs is 1. The van der Waals surface area contributed by atoms with E-state index in [4.69, 9.17) is 4.42 Å². The number of nitrogens with zero attached hydrogens (tertiary/aromatic N) is 4. The highest BCUT2D eigenvalue weighted by molar-refractivity contribution is 7.88. The van der Waals surface area contributed by atoms with Crippen molar-refractivity contribution in [3.63, 3.8) is 0 Å². The second kappa shape index (κ2) is 5.58. The maximum atomic E-state index is 11.1. The lowest BCUT2D eigenvalue weighted by Gasteiger charge is -2.27. The number of rotatable bonds is 5. The Kier molecular flexibility index (Phi) is 3.79. The van der Waals surface area contributed by atoms with Crippen LogP contribution in [0, 0.1) is 0 Å². The van der Waals surface area contributed by atoms with Crippen LogP contribution in [-0.4, -0.2) is 40.9 Å². The van der Waals surface area contributed by atoms with E-state index in [9.17, 15) is 8.42 Å². The second-order valence-corrected chi connectivity index (χ2v) is 6.95. The molecule has 21 heavy (non-hydrogen) atoms. The Hall–Kier alpha value is -1.71. The molecule has 2 aromatic rings. The highest BCUT2D eigenvalue weighted by Crippen LogP contribution is 2.15. The van der Waals surface area contributed by atoms with Crippen LogP contribution in [-0.2, 0) is 36.2 Å². The van der Waals surface area contributed by atoms with E-state index >= 15 is 0 Å². The first-order valence-corrected chi connectivity index (χ1v) is 8.49. The zero-order valence-electron chi connectivity index (χ0n) is 11.7. The van der Waals surface area contributed by atoms with Gasteiger partial charge in [0, 0.05) is 25.2 Å². The van der Waals surface area contributed by atoms with Crippen molar-refractivity contribution in [1.82, 2.24) is 24.4 Å². The Labute approximate surface area is 122 Å². The zero-order chi connectivity index (χ0) is 14.9. The minimum atomic E-state index is -3.22. The fraction of sp³-hybridized carbons (Fsp3) is 0.500. The molecule has 0 bridgehead atoms. The van der Waals surface area contributed by atoms with E-state index in [0.717, 1.165) is 37.3 Å². The molecule has 114 valence electrons. The summed E-state index contributed by atoms with van der Waals surface area (Å²) in [5.74, 6) is 1.51. The Morgan fingerprint density at radius 3 is 2.95 bits per heavy atom. The van der Waals surface area contributed by atoms with Crippen LogP contribution in [0.4, 0.5) is 0 Å². The van der Waals surface area contributed by atoms with E-state index in [1.807, 2.05) is 10.6 Å². The number of sulfonamides is 1. The van der Waals surface area contributed by atoms with E-state index < -0.39 is 10.0 Å². The summed E-state index contributed by atoms with van der Waals surface area (Å²) in [6.45, 7) is 3.29. The first-order valence-electron chi connectivity index (χ1n) is 6.60. The minimum Gasteiger partial charge on any atom is -0.472 e. The van der Waals surface area contributed by atoms with Crippen molar-refractivity contribution in [2.24, 2.45) is 0 Å². The molecular weight excluding hydrogens is 294 g/mol. The van der Waals surface area contributed by atoms with Crippen LogP contribution in [0.25, 0.3) is 0 Å². The minimum absolute atomic E-state index is 0.174. The highest BCUT2D eigenvalue weighted by atomic mass is 32.2. The Bertz CT molecular complexity index is 707. The monoisotopic (exact) mass is 311 g/mol. The molecule has 3 rings (SSSR count). The molecule has 0 saturated heterocycles. The van der Waals surface area contributed by atoms with E-state index in [1.54, 1.807) is 12.5 Å². The first kappa shape index (κ1) is 14.2. The lowest BCUT2D eigenvalue weighted by molar-refractivity contribution is 0.206. The molecule has 9 heteroatoms. The van der Waals surface area contributed by atoms with Crippen molar-refractivity contribution in [3.8, 4) is 0 Å². The first-order chi connectivity index (χ1) is 10.0. The largest absolute Gasteiger partial charge is 0.472 e. The summed E-state index contributed by atoms with van der Waals surface area (Å²) < 4.78 is 31.8. The summed E-state index contributed by atoms with van der Waals surface area (Å²) in [4.78, 5) is 2.25. The second-order valence-electron chi connectivity index (χ2n) is 5.12. The molecule has 0 radical (unpaired) electrons. The van der Waals surface area contributed by atoms with Crippen molar-refractivity contribution in [1.29, 1.82) is 0 Å². The van der Waals surface area contributed by atoms with Crippen LogP contribution in [0.1, 0.15) is 17.2 Å². The summed E-state index contributed by atoms with van der Waals surface area (Å²) in [6.07, 6.45) is 4.53. The van der Waals surface area contributed by atoms with Crippen LogP contribution in [0.5, 0.6) is 0 Å². The van der Waals surface area contributed by atoms with Crippen molar-refractivity contribution < 1.29 is 12.8 Å². The molecule has 0 aliphatic carbocycles. The number of hydrogen-bond acceptors (Lipinski definition) is 6. The molecule has 0 amide bonds. The van der Waals surface area contributed by atoms with Gasteiger partial charge in [-0.15, -0.1) is 10.2 Å². The topological polar surface area (TPSA) is 93.3 Å². The van der Waals surface area contributed by atoms with Gasteiger partial charge in [0.2, 0.25) is 10.0 Å². The van der Waals surface area contributed by atoms with Crippen molar-refractivity contribution in [3.05, 3.63) is 35.8 Å². The van der Waals surface area contributed by atoms with Gasteiger partial charge >= 0.3 is 0 Å². The van der Waals surface area contributed by atoms with Crippen LogP contribution >= 0.6 is 0 Å². The Morgan fingerprint density at radius 2 is 2.24 bits per heavy atom. The summed E-state index contributed by atoms with van der Waals surface area (Å²) in [5.41, 5.74) is 1.13. The maximum Gasteiger partial charge on any atom is 0.209 e. The smallest absolute Gasteiger partial charge is 0.209 e. The summed E-state index contributed by atoms with van der Waals surface area (Å²) in [6, 6.07) is 1.95. The van der Waals surface area contributed by atoms with Crippen LogP contribution < -0.4 is 4.72 Å². The lowest BCUT2D eigenvalue weighted by Crippen LogP contribution is -2.34. The quantitative estimate of drug-likeness (QED) is 0.831. The Morgan fingerprint density at radius 1 is 1.38 bits per heavy atom. The third-order valence-corrected chi connectivity index (χ3v) is 4.06. The van der Waals surface area contributed by atoms with E-state index in [-0.39, 0.29) is 6.54 Å². The zero-order valence-corrected chi connectivity index (χ0v) is 12.5. The Balaban J connectivity index is 1.66. The predicted octanol–water partition coefficient (Wildman–Crippen LogP) is -0.0639. The molecule has 0 aromatic carbocycles. The molecule has 0 atom stereocenters. The SMILES string of the molecule is CS(=O)(=O)NCc1nnc2n1CCN(Cc1ccoc1)C2. The molecule has 0 fully saturated rings. The van der Waals surface area contributed by atoms with Crippen LogP contribution in [0.2, 0.25) is 0 Å². The molecule has 0 saturated carbocycles. The number of hydrogen-bond donors (Lipinski definition) is 1. The van der Waals surface area contributed by atoms with Gasteiger partial charge in [-0.2, -0.15) is 0 Å². The molecule has 1 N–H and O–H groups in total. The molecule has 1 aliphatic heterocycles. The average Bonchev–Trinajstić information content (AvgIpc) is 3.04. The average molecular weight is 311 g/mol. The van der Waals surface area contributed by atoms with Gasteiger partial charge in [0.25, 0.3) is 0 Å². The molecule has 2 aromatic heterocycles. The van der Waals surface area contributed by atoms with E-state index in [2.05, 4.69) is 19.8 Å². The van der Waals surface area contributed by atoms with Crippen LogP contribution in [0.3, 0.4) is 0 Å². The maximum absolute atomic E-state index is 11.1. The van der Waals surface area contributed by atoms with Gasteiger partial charge in [-0.3, -0.25) is 4.90 Å². The normalized spacial score (nSPS) is 16.0. The van der Waals surface area contributed by atoms with Crippen LogP contribution in [0.15, 0.2) is 23.0 Å². The molecule has 8 nitrogen and oxygen atoms in total. The van der Waals surface area contributed by atoms with Crippen molar-refractivity contribution in [2.45, 2.75) is 26.2 Å². The third-order valence-electron chi connectivity index (χ3n) is 3.39. The van der Waals surface area contributed by atoms with Gasteiger partial charge in [0.05, 0.1) is 31.9 Å². The standard InChI is InChI=1S/C12H17N5O3S/c1-21(18,19)13-6-11-14-15-12-8-16(3-4-17(11)12)7-10-2-5-20-9-10/h2,5,9,13H,3-4,6-8H2,1H3. The van der Waals surface area contributed by atoms with Gasteiger partial charge in [-0.05, 0) is 6.07 Å². The van der Waals surface area contributed by atoms with Crippen molar-refractivity contribution >= 4 is 10.0 Å². The summed E-state index contributed by atoms with van der Waals surface area (Å²) in [7, 11) is -3.22.